The Morgan fingerprint density at radius 1 is 1.43 bits per heavy atom. The molecule has 3 N–H and O–H groups in total. The maximum atomic E-state index is 12.5. The quantitative estimate of drug-likeness (QED) is 0.891. The Labute approximate surface area is 136 Å². The molecule has 2 aromatic heterocycles. The first-order valence-corrected chi connectivity index (χ1v) is 7.96. The Morgan fingerprint density at radius 2 is 2.22 bits per heavy atom. The maximum Gasteiger partial charge on any atom is 0.255 e. The van der Waals surface area contributed by atoms with E-state index in [2.05, 4.69) is 40.9 Å². The summed E-state index contributed by atoms with van der Waals surface area (Å²) in [4.78, 5) is 16.5. The van der Waals surface area contributed by atoms with Gasteiger partial charge in [-0.05, 0) is 52.2 Å². The van der Waals surface area contributed by atoms with Gasteiger partial charge in [0.15, 0.2) is 0 Å². The Morgan fingerprint density at radius 3 is 2.91 bits per heavy atom. The van der Waals surface area contributed by atoms with Gasteiger partial charge in [-0.25, -0.2) is 4.98 Å². The molecule has 1 amide bonds. The van der Waals surface area contributed by atoms with Crippen LogP contribution in [0.4, 0.5) is 5.82 Å². The summed E-state index contributed by atoms with van der Waals surface area (Å²) in [6.07, 6.45) is 6.40. The third-order valence-corrected chi connectivity index (χ3v) is 4.21. The number of amides is 1. The third-order valence-electron chi connectivity index (χ3n) is 4.21. The van der Waals surface area contributed by atoms with Crippen molar-refractivity contribution in [2.24, 2.45) is 0 Å². The average molecular weight is 313 g/mol. The fraction of sp³-hybridized carbons (Fsp3) is 0.471. The molecule has 0 bridgehead atoms. The number of hydrogen-bond donors (Lipinski definition) is 2. The number of fused-ring (bicyclic) bond motifs is 1. The van der Waals surface area contributed by atoms with Crippen molar-refractivity contribution >= 4 is 11.7 Å². The average Bonchev–Trinajstić information content (AvgIpc) is 2.92. The predicted octanol–water partition coefficient (Wildman–Crippen LogP) is 2.42. The Kier molecular flexibility index (Phi) is 3.83. The monoisotopic (exact) mass is 313 g/mol. The second kappa shape index (κ2) is 5.68. The molecule has 3 rings (SSSR count). The molecular weight excluding hydrogens is 290 g/mol. The highest BCUT2D eigenvalue weighted by Gasteiger charge is 2.29. The second-order valence-corrected chi connectivity index (χ2v) is 6.98. The van der Waals surface area contributed by atoms with E-state index in [0.29, 0.717) is 5.56 Å². The molecule has 6 nitrogen and oxygen atoms in total. The molecule has 0 saturated carbocycles. The van der Waals surface area contributed by atoms with E-state index in [1.807, 2.05) is 6.20 Å². The van der Waals surface area contributed by atoms with E-state index in [1.165, 1.54) is 5.69 Å². The number of pyridine rings is 1. The minimum Gasteiger partial charge on any atom is -0.383 e. The molecule has 1 aliphatic rings. The number of rotatable bonds is 2. The van der Waals surface area contributed by atoms with Gasteiger partial charge in [-0.3, -0.25) is 9.48 Å². The van der Waals surface area contributed by atoms with Crippen LogP contribution in [0.1, 0.15) is 61.3 Å². The number of anilines is 1. The van der Waals surface area contributed by atoms with Crippen molar-refractivity contribution in [3.05, 3.63) is 41.3 Å². The molecule has 0 fully saturated rings. The smallest absolute Gasteiger partial charge is 0.255 e. The summed E-state index contributed by atoms with van der Waals surface area (Å²) in [5.74, 6) is 0.0726. The van der Waals surface area contributed by atoms with Crippen LogP contribution in [0.5, 0.6) is 0 Å². The molecule has 0 radical (unpaired) electrons. The van der Waals surface area contributed by atoms with Crippen LogP contribution in [0.2, 0.25) is 0 Å². The molecule has 0 aliphatic heterocycles. The molecule has 2 aromatic rings. The van der Waals surface area contributed by atoms with E-state index in [4.69, 9.17) is 5.73 Å². The minimum absolute atomic E-state index is 0.0260. The third kappa shape index (κ3) is 2.93. The second-order valence-electron chi connectivity index (χ2n) is 6.98. The number of nitrogen functional groups attached to an aromatic ring is 1. The first-order valence-electron chi connectivity index (χ1n) is 7.96. The Balaban J connectivity index is 1.86. The molecule has 6 heteroatoms. The van der Waals surface area contributed by atoms with Crippen molar-refractivity contribution < 1.29 is 4.79 Å². The summed E-state index contributed by atoms with van der Waals surface area (Å²) < 4.78 is 2.07. The molecule has 0 unspecified atom stereocenters. The van der Waals surface area contributed by atoms with Gasteiger partial charge in [0.2, 0.25) is 0 Å². The van der Waals surface area contributed by atoms with Crippen LogP contribution in [0, 0.1) is 0 Å². The molecular formula is C17H23N5O. The number of carbonyl (C=O) groups is 1. The number of nitrogens with two attached hydrogens (primary N) is 1. The highest BCUT2D eigenvalue weighted by molar-refractivity contribution is 5.98. The van der Waals surface area contributed by atoms with Crippen molar-refractivity contribution in [1.29, 1.82) is 0 Å². The van der Waals surface area contributed by atoms with Crippen molar-refractivity contribution in [3.8, 4) is 0 Å². The molecule has 1 aliphatic carbocycles. The highest BCUT2D eigenvalue weighted by Crippen LogP contribution is 2.32. The summed E-state index contributed by atoms with van der Waals surface area (Å²) in [6, 6.07) is 3.39. The predicted molar refractivity (Wildman–Crippen MR) is 89.0 cm³/mol. The lowest BCUT2D eigenvalue weighted by molar-refractivity contribution is 0.0933. The SMILES string of the molecule is CC(C)(C)n1ncc2c1CCC[C@@H]2NC(=O)c1cccnc1N. The van der Waals surface area contributed by atoms with Gasteiger partial charge >= 0.3 is 0 Å². The lowest BCUT2D eigenvalue weighted by Gasteiger charge is -2.28. The van der Waals surface area contributed by atoms with Crippen molar-refractivity contribution in [1.82, 2.24) is 20.1 Å². The van der Waals surface area contributed by atoms with Crippen LogP contribution in [0.25, 0.3) is 0 Å². The number of carbonyl (C=O) groups excluding carboxylic acids is 1. The molecule has 2 heterocycles. The topological polar surface area (TPSA) is 85.8 Å². The fourth-order valence-corrected chi connectivity index (χ4v) is 3.13. The zero-order valence-electron chi connectivity index (χ0n) is 13.8. The van der Waals surface area contributed by atoms with Gasteiger partial charge in [0.05, 0.1) is 23.3 Å². The van der Waals surface area contributed by atoms with Crippen LogP contribution < -0.4 is 11.1 Å². The van der Waals surface area contributed by atoms with Gasteiger partial charge in [0, 0.05) is 17.5 Å². The molecule has 122 valence electrons. The molecule has 1 atom stereocenters. The van der Waals surface area contributed by atoms with Crippen LogP contribution in [-0.4, -0.2) is 20.7 Å². The van der Waals surface area contributed by atoms with Gasteiger partial charge in [-0.1, -0.05) is 0 Å². The van der Waals surface area contributed by atoms with Crippen molar-refractivity contribution in [3.63, 3.8) is 0 Å². The molecule has 23 heavy (non-hydrogen) atoms. The molecule has 0 aromatic carbocycles. The standard InChI is InChI=1S/C17H23N5O/c1-17(2,3)22-14-8-4-7-13(12(14)10-20-22)21-16(23)11-6-5-9-19-15(11)18/h5-6,9-10,13H,4,7-8H2,1-3H3,(H2,18,19)(H,21,23)/t13-/m0/s1. The van der Waals surface area contributed by atoms with E-state index in [-0.39, 0.29) is 23.3 Å². The summed E-state index contributed by atoms with van der Waals surface area (Å²) in [5.41, 5.74) is 8.48. The number of nitrogens with zero attached hydrogens (tertiary/aromatic N) is 3. The van der Waals surface area contributed by atoms with E-state index in [0.717, 1.165) is 24.8 Å². The normalized spacial score (nSPS) is 17.6. The van der Waals surface area contributed by atoms with Crippen LogP contribution >= 0.6 is 0 Å². The van der Waals surface area contributed by atoms with Gasteiger partial charge < -0.3 is 11.1 Å². The highest BCUT2D eigenvalue weighted by atomic mass is 16.1. The summed E-state index contributed by atoms with van der Waals surface area (Å²) in [5, 5.41) is 7.63. The van der Waals surface area contributed by atoms with E-state index >= 15 is 0 Å². The Bertz CT molecular complexity index is 729. The van der Waals surface area contributed by atoms with E-state index in [1.54, 1.807) is 18.3 Å². The van der Waals surface area contributed by atoms with Gasteiger partial charge in [-0.15, -0.1) is 0 Å². The minimum atomic E-state index is -0.183. The van der Waals surface area contributed by atoms with Crippen molar-refractivity contribution in [2.45, 2.75) is 51.6 Å². The largest absolute Gasteiger partial charge is 0.383 e. The summed E-state index contributed by atoms with van der Waals surface area (Å²) >= 11 is 0. The number of aromatic nitrogens is 3. The van der Waals surface area contributed by atoms with Gasteiger partial charge in [0.1, 0.15) is 5.82 Å². The van der Waals surface area contributed by atoms with Crippen LogP contribution in [0.3, 0.4) is 0 Å². The van der Waals surface area contributed by atoms with E-state index in [9.17, 15) is 4.79 Å². The van der Waals surface area contributed by atoms with Gasteiger partial charge in [-0.2, -0.15) is 5.10 Å². The number of nitrogens with one attached hydrogen (secondary N) is 1. The molecule has 0 saturated heterocycles. The van der Waals surface area contributed by atoms with Gasteiger partial charge in [0.25, 0.3) is 5.91 Å². The fourth-order valence-electron chi connectivity index (χ4n) is 3.13. The lowest BCUT2D eigenvalue weighted by Crippen LogP contribution is -2.33. The van der Waals surface area contributed by atoms with Crippen LogP contribution in [-0.2, 0) is 12.0 Å². The zero-order valence-corrected chi connectivity index (χ0v) is 13.8. The van der Waals surface area contributed by atoms with E-state index < -0.39 is 0 Å². The summed E-state index contributed by atoms with van der Waals surface area (Å²) in [7, 11) is 0. The molecule has 0 spiro atoms. The number of hydrogen-bond acceptors (Lipinski definition) is 4. The zero-order chi connectivity index (χ0) is 16.6. The Hall–Kier alpha value is -2.37. The van der Waals surface area contributed by atoms with Crippen LogP contribution in [0.15, 0.2) is 24.5 Å². The van der Waals surface area contributed by atoms with Crippen molar-refractivity contribution in [2.75, 3.05) is 5.73 Å². The summed E-state index contributed by atoms with van der Waals surface area (Å²) in [6.45, 7) is 6.41. The lowest BCUT2D eigenvalue weighted by atomic mass is 9.92. The first-order chi connectivity index (χ1) is 10.9. The first kappa shape index (κ1) is 15.5. The maximum absolute atomic E-state index is 12.5.